The number of hydrogen-bond acceptors (Lipinski definition) is 3. The molecule has 0 amide bonds. The fourth-order valence-corrected chi connectivity index (χ4v) is 3.04. The van der Waals surface area contributed by atoms with Crippen LogP contribution < -0.4 is 0 Å². The molecule has 1 aromatic carbocycles. The third-order valence-corrected chi connectivity index (χ3v) is 3.74. The Morgan fingerprint density at radius 2 is 2.06 bits per heavy atom. The lowest BCUT2D eigenvalue weighted by molar-refractivity contribution is 0.112. The van der Waals surface area contributed by atoms with Gasteiger partial charge in [0.25, 0.3) is 0 Å². The highest BCUT2D eigenvalue weighted by Crippen LogP contribution is 2.32. The van der Waals surface area contributed by atoms with E-state index in [0.29, 0.717) is 10.6 Å². The highest BCUT2D eigenvalue weighted by molar-refractivity contribution is 7.99. The lowest BCUT2D eigenvalue weighted by Crippen LogP contribution is -1.90. The van der Waals surface area contributed by atoms with Gasteiger partial charge in [0, 0.05) is 16.2 Å². The molecule has 0 atom stereocenters. The third kappa shape index (κ3) is 2.92. The molecule has 0 aliphatic rings. The standard InChI is InChI=1S/C14H12ClNOS/c1-9-6-10(2)16-14(7-9)18-13-5-3-4-12(15)11(13)8-17/h3-8H,1-2H3. The summed E-state index contributed by atoms with van der Waals surface area (Å²) in [4.78, 5) is 16.3. The zero-order valence-electron chi connectivity index (χ0n) is 10.1. The molecule has 0 saturated heterocycles. The van der Waals surface area contributed by atoms with Crippen LogP contribution >= 0.6 is 23.4 Å². The Morgan fingerprint density at radius 1 is 1.28 bits per heavy atom. The largest absolute Gasteiger partial charge is 0.298 e. The minimum atomic E-state index is 0.472. The number of rotatable bonds is 3. The van der Waals surface area contributed by atoms with Crippen molar-refractivity contribution in [2.45, 2.75) is 23.8 Å². The molecule has 1 heterocycles. The van der Waals surface area contributed by atoms with Crippen LogP contribution in [0, 0.1) is 13.8 Å². The smallest absolute Gasteiger partial charge is 0.152 e. The SMILES string of the molecule is Cc1cc(C)nc(Sc2cccc(Cl)c2C=O)c1. The molecular weight excluding hydrogens is 266 g/mol. The molecule has 92 valence electrons. The average Bonchev–Trinajstić information content (AvgIpc) is 2.27. The van der Waals surface area contributed by atoms with Gasteiger partial charge in [-0.1, -0.05) is 29.4 Å². The number of carbonyl (C=O) groups excluding carboxylic acids is 1. The molecule has 0 unspecified atom stereocenters. The first-order valence-electron chi connectivity index (χ1n) is 5.47. The minimum absolute atomic E-state index is 0.472. The summed E-state index contributed by atoms with van der Waals surface area (Å²) in [5, 5.41) is 1.34. The summed E-state index contributed by atoms with van der Waals surface area (Å²) >= 11 is 7.45. The van der Waals surface area contributed by atoms with Crippen LogP contribution in [-0.4, -0.2) is 11.3 Å². The van der Waals surface area contributed by atoms with Crippen molar-refractivity contribution in [2.75, 3.05) is 0 Å². The Morgan fingerprint density at radius 3 is 2.72 bits per heavy atom. The summed E-state index contributed by atoms with van der Waals surface area (Å²) in [7, 11) is 0. The van der Waals surface area contributed by atoms with E-state index in [-0.39, 0.29) is 0 Å². The van der Waals surface area contributed by atoms with Gasteiger partial charge in [-0.25, -0.2) is 4.98 Å². The Labute approximate surface area is 115 Å². The number of pyridine rings is 1. The zero-order valence-corrected chi connectivity index (χ0v) is 11.7. The lowest BCUT2D eigenvalue weighted by Gasteiger charge is -2.07. The van der Waals surface area contributed by atoms with Crippen molar-refractivity contribution in [1.82, 2.24) is 4.98 Å². The topological polar surface area (TPSA) is 30.0 Å². The number of halogens is 1. The predicted molar refractivity (Wildman–Crippen MR) is 74.7 cm³/mol. The van der Waals surface area contributed by atoms with Crippen LogP contribution in [0.3, 0.4) is 0 Å². The van der Waals surface area contributed by atoms with Crippen LogP contribution in [0.2, 0.25) is 5.02 Å². The van der Waals surface area contributed by atoms with Gasteiger partial charge in [-0.15, -0.1) is 0 Å². The monoisotopic (exact) mass is 277 g/mol. The van der Waals surface area contributed by atoms with Crippen LogP contribution in [-0.2, 0) is 0 Å². The quantitative estimate of drug-likeness (QED) is 0.783. The van der Waals surface area contributed by atoms with E-state index < -0.39 is 0 Å². The summed E-state index contributed by atoms with van der Waals surface area (Å²) in [6.45, 7) is 3.98. The number of nitrogens with zero attached hydrogens (tertiary/aromatic N) is 1. The highest BCUT2D eigenvalue weighted by atomic mass is 35.5. The highest BCUT2D eigenvalue weighted by Gasteiger charge is 2.08. The van der Waals surface area contributed by atoms with E-state index in [1.54, 1.807) is 6.07 Å². The number of aryl methyl sites for hydroxylation is 2. The maximum absolute atomic E-state index is 11.1. The molecular formula is C14H12ClNOS. The van der Waals surface area contributed by atoms with E-state index in [0.717, 1.165) is 27.5 Å². The van der Waals surface area contributed by atoms with Gasteiger partial charge in [0.15, 0.2) is 6.29 Å². The van der Waals surface area contributed by atoms with Gasteiger partial charge in [-0.3, -0.25) is 4.79 Å². The van der Waals surface area contributed by atoms with Gasteiger partial charge >= 0.3 is 0 Å². The molecule has 18 heavy (non-hydrogen) atoms. The maximum atomic E-state index is 11.1. The van der Waals surface area contributed by atoms with Crippen molar-refractivity contribution in [2.24, 2.45) is 0 Å². The van der Waals surface area contributed by atoms with Crippen molar-refractivity contribution >= 4 is 29.6 Å². The van der Waals surface area contributed by atoms with E-state index in [4.69, 9.17) is 11.6 Å². The summed E-state index contributed by atoms with van der Waals surface area (Å²) < 4.78 is 0. The van der Waals surface area contributed by atoms with Crippen LogP contribution in [0.25, 0.3) is 0 Å². The fraction of sp³-hybridized carbons (Fsp3) is 0.143. The molecule has 0 aliphatic heterocycles. The molecule has 0 fully saturated rings. The number of carbonyl (C=O) groups is 1. The van der Waals surface area contributed by atoms with Gasteiger partial charge in [0.2, 0.25) is 0 Å². The molecule has 0 bridgehead atoms. The first-order chi connectivity index (χ1) is 8.60. The Bertz CT molecular complexity index is 578. The normalized spacial score (nSPS) is 10.4. The molecule has 1 aromatic heterocycles. The van der Waals surface area contributed by atoms with Crippen LogP contribution in [0.1, 0.15) is 21.6 Å². The third-order valence-electron chi connectivity index (χ3n) is 2.42. The number of aldehydes is 1. The zero-order chi connectivity index (χ0) is 13.1. The number of aromatic nitrogens is 1. The first kappa shape index (κ1) is 13.1. The number of hydrogen-bond donors (Lipinski definition) is 0. The Hall–Kier alpha value is -1.32. The van der Waals surface area contributed by atoms with E-state index in [2.05, 4.69) is 4.98 Å². The van der Waals surface area contributed by atoms with Gasteiger partial charge in [-0.2, -0.15) is 0 Å². The summed E-state index contributed by atoms with van der Waals surface area (Å²) in [5.41, 5.74) is 2.64. The molecule has 0 saturated carbocycles. The summed E-state index contributed by atoms with van der Waals surface area (Å²) in [5.74, 6) is 0. The fourth-order valence-electron chi connectivity index (χ4n) is 1.69. The van der Waals surface area contributed by atoms with Crippen LogP contribution in [0.5, 0.6) is 0 Å². The van der Waals surface area contributed by atoms with Gasteiger partial charge in [-0.05, 0) is 43.7 Å². The molecule has 0 radical (unpaired) electrons. The van der Waals surface area contributed by atoms with Crippen molar-refractivity contribution in [3.05, 3.63) is 52.2 Å². The Balaban J connectivity index is 2.39. The van der Waals surface area contributed by atoms with Gasteiger partial charge in [0.1, 0.15) is 5.03 Å². The maximum Gasteiger partial charge on any atom is 0.152 e. The molecule has 2 rings (SSSR count). The van der Waals surface area contributed by atoms with E-state index in [9.17, 15) is 4.79 Å². The molecule has 4 heteroatoms. The molecule has 0 aliphatic carbocycles. The number of benzene rings is 1. The van der Waals surface area contributed by atoms with Crippen LogP contribution in [0.4, 0.5) is 0 Å². The average molecular weight is 278 g/mol. The summed E-state index contributed by atoms with van der Waals surface area (Å²) in [6.07, 6.45) is 0.785. The second kappa shape index (κ2) is 5.55. The van der Waals surface area contributed by atoms with Crippen molar-refractivity contribution in [3.8, 4) is 0 Å². The lowest BCUT2D eigenvalue weighted by atomic mass is 10.2. The van der Waals surface area contributed by atoms with Crippen molar-refractivity contribution in [1.29, 1.82) is 0 Å². The van der Waals surface area contributed by atoms with Crippen molar-refractivity contribution in [3.63, 3.8) is 0 Å². The summed E-state index contributed by atoms with van der Waals surface area (Å²) in [6, 6.07) is 9.43. The van der Waals surface area contributed by atoms with Gasteiger partial charge < -0.3 is 0 Å². The minimum Gasteiger partial charge on any atom is -0.298 e. The Kier molecular flexibility index (Phi) is 4.04. The van der Waals surface area contributed by atoms with E-state index in [1.165, 1.54) is 11.8 Å². The van der Waals surface area contributed by atoms with Gasteiger partial charge in [0.05, 0.1) is 5.02 Å². The van der Waals surface area contributed by atoms with Crippen LogP contribution in [0.15, 0.2) is 40.3 Å². The van der Waals surface area contributed by atoms with E-state index in [1.807, 2.05) is 38.1 Å². The molecule has 0 N–H and O–H groups in total. The van der Waals surface area contributed by atoms with E-state index >= 15 is 0 Å². The first-order valence-corrected chi connectivity index (χ1v) is 6.66. The molecule has 2 nitrogen and oxygen atoms in total. The second-order valence-electron chi connectivity index (χ2n) is 4.00. The van der Waals surface area contributed by atoms with Crippen molar-refractivity contribution < 1.29 is 4.79 Å². The molecule has 2 aromatic rings. The molecule has 0 spiro atoms. The second-order valence-corrected chi connectivity index (χ2v) is 5.47. The predicted octanol–water partition coefficient (Wildman–Crippen LogP) is 4.32.